The number of hydrogen-bond donors (Lipinski definition) is 3. The van der Waals surface area contributed by atoms with Crippen molar-refractivity contribution in [3.05, 3.63) is 106 Å². The molecular formula is C26H24N6O3. The topological polar surface area (TPSA) is 125 Å². The van der Waals surface area contributed by atoms with Crippen LogP contribution in [0.4, 0.5) is 5.95 Å². The van der Waals surface area contributed by atoms with E-state index in [4.69, 9.17) is 0 Å². The molecule has 0 saturated carbocycles. The normalized spacial score (nSPS) is 11.5. The summed E-state index contributed by atoms with van der Waals surface area (Å²) in [5.41, 5.74) is 4.21. The van der Waals surface area contributed by atoms with E-state index in [1.54, 1.807) is 67.9 Å². The Balaban J connectivity index is 1.51. The SMILES string of the molecule is C=C(/C=C\C=N/C)c1ccc(=O)n(Cc2cccc(C(=O)Nc3nc4cc(CO)ccc4[nH]3)c2)n1. The first-order valence-electron chi connectivity index (χ1n) is 10.8. The van der Waals surface area contributed by atoms with Crippen LogP contribution >= 0.6 is 0 Å². The predicted octanol–water partition coefficient (Wildman–Crippen LogP) is 3.18. The van der Waals surface area contributed by atoms with Crippen LogP contribution < -0.4 is 10.9 Å². The number of hydrogen-bond acceptors (Lipinski definition) is 6. The number of anilines is 1. The minimum atomic E-state index is -0.349. The molecule has 4 rings (SSSR count). The third kappa shape index (κ3) is 5.66. The van der Waals surface area contributed by atoms with Crippen LogP contribution in [0.3, 0.4) is 0 Å². The van der Waals surface area contributed by atoms with Crippen molar-refractivity contribution in [2.24, 2.45) is 4.99 Å². The fraction of sp³-hybridized carbons (Fsp3) is 0.115. The lowest BCUT2D eigenvalue weighted by atomic mass is 10.1. The zero-order valence-corrected chi connectivity index (χ0v) is 19.1. The fourth-order valence-electron chi connectivity index (χ4n) is 3.44. The molecule has 9 heteroatoms. The molecule has 176 valence electrons. The highest BCUT2D eigenvalue weighted by Crippen LogP contribution is 2.17. The molecule has 0 atom stereocenters. The molecule has 0 aliphatic rings. The molecule has 1 amide bonds. The number of rotatable bonds is 8. The van der Waals surface area contributed by atoms with Gasteiger partial charge in [-0.25, -0.2) is 9.67 Å². The van der Waals surface area contributed by atoms with Gasteiger partial charge in [0.1, 0.15) is 0 Å². The third-order valence-corrected chi connectivity index (χ3v) is 5.21. The van der Waals surface area contributed by atoms with Crippen molar-refractivity contribution < 1.29 is 9.90 Å². The zero-order valence-electron chi connectivity index (χ0n) is 19.1. The van der Waals surface area contributed by atoms with Gasteiger partial charge in [-0.2, -0.15) is 5.10 Å². The number of aliphatic imine (C=N–C) groups is 1. The lowest BCUT2D eigenvalue weighted by molar-refractivity contribution is 0.102. The van der Waals surface area contributed by atoms with Gasteiger partial charge in [0.2, 0.25) is 5.95 Å². The Morgan fingerprint density at radius 1 is 1.20 bits per heavy atom. The molecule has 0 radical (unpaired) electrons. The first-order chi connectivity index (χ1) is 17.0. The maximum atomic E-state index is 12.8. The molecule has 2 aromatic carbocycles. The molecule has 2 aromatic heterocycles. The zero-order chi connectivity index (χ0) is 24.8. The highest BCUT2D eigenvalue weighted by molar-refractivity contribution is 6.04. The molecule has 0 fully saturated rings. The van der Waals surface area contributed by atoms with Crippen LogP contribution in [-0.2, 0) is 13.2 Å². The lowest BCUT2D eigenvalue weighted by Gasteiger charge is -2.09. The third-order valence-electron chi connectivity index (χ3n) is 5.21. The number of carbonyl (C=O) groups is 1. The van der Waals surface area contributed by atoms with Crippen LogP contribution in [0.25, 0.3) is 16.6 Å². The van der Waals surface area contributed by atoms with Crippen molar-refractivity contribution in [3.8, 4) is 0 Å². The number of imidazole rings is 1. The summed E-state index contributed by atoms with van der Waals surface area (Å²) in [4.78, 5) is 36.5. The minimum Gasteiger partial charge on any atom is -0.392 e. The van der Waals surface area contributed by atoms with Crippen molar-refractivity contribution in [1.82, 2.24) is 19.7 Å². The Morgan fingerprint density at radius 3 is 2.86 bits per heavy atom. The smallest absolute Gasteiger partial charge is 0.267 e. The van der Waals surface area contributed by atoms with Crippen molar-refractivity contribution in [3.63, 3.8) is 0 Å². The molecule has 0 aliphatic carbocycles. The quantitative estimate of drug-likeness (QED) is 0.271. The van der Waals surface area contributed by atoms with Crippen LogP contribution in [-0.4, -0.2) is 44.0 Å². The van der Waals surface area contributed by atoms with Crippen LogP contribution in [0.1, 0.15) is 27.2 Å². The average Bonchev–Trinajstić information content (AvgIpc) is 3.27. The van der Waals surface area contributed by atoms with Crippen LogP contribution in [0, 0.1) is 0 Å². The molecular weight excluding hydrogens is 444 g/mol. The molecule has 0 aliphatic heterocycles. The first kappa shape index (κ1) is 23.5. The van der Waals surface area contributed by atoms with E-state index in [0.29, 0.717) is 28.3 Å². The second-order valence-electron chi connectivity index (χ2n) is 7.76. The number of aromatic amines is 1. The molecule has 2 heterocycles. The van der Waals surface area contributed by atoms with E-state index < -0.39 is 0 Å². The molecule has 9 nitrogen and oxygen atoms in total. The minimum absolute atomic E-state index is 0.0867. The van der Waals surface area contributed by atoms with E-state index in [9.17, 15) is 14.7 Å². The summed E-state index contributed by atoms with van der Waals surface area (Å²) >= 11 is 0. The first-order valence-corrected chi connectivity index (χ1v) is 10.8. The summed E-state index contributed by atoms with van der Waals surface area (Å²) in [5.74, 6) is -0.0470. The van der Waals surface area contributed by atoms with Crippen LogP contribution in [0.5, 0.6) is 0 Å². The summed E-state index contributed by atoms with van der Waals surface area (Å²) in [7, 11) is 1.67. The number of aliphatic hydroxyl groups excluding tert-OH is 1. The second-order valence-corrected chi connectivity index (χ2v) is 7.76. The Morgan fingerprint density at radius 2 is 2.06 bits per heavy atom. The Hall–Kier alpha value is -4.63. The summed E-state index contributed by atoms with van der Waals surface area (Å²) in [6.45, 7) is 4.08. The highest BCUT2D eigenvalue weighted by atomic mass is 16.3. The second kappa shape index (κ2) is 10.5. The lowest BCUT2D eigenvalue weighted by Crippen LogP contribution is -2.23. The van der Waals surface area contributed by atoms with Crippen molar-refractivity contribution in [2.75, 3.05) is 12.4 Å². The summed E-state index contributed by atoms with van der Waals surface area (Å²) in [5, 5.41) is 16.4. The van der Waals surface area contributed by atoms with E-state index in [1.165, 1.54) is 10.7 Å². The van der Waals surface area contributed by atoms with E-state index in [0.717, 1.165) is 16.6 Å². The molecule has 0 bridgehead atoms. The van der Waals surface area contributed by atoms with Gasteiger partial charge < -0.3 is 10.1 Å². The van der Waals surface area contributed by atoms with Gasteiger partial charge in [-0.05, 0) is 53.1 Å². The van der Waals surface area contributed by atoms with Gasteiger partial charge in [0, 0.05) is 24.9 Å². The number of allylic oxidation sites excluding steroid dienone is 3. The largest absolute Gasteiger partial charge is 0.392 e. The van der Waals surface area contributed by atoms with E-state index in [1.807, 2.05) is 6.07 Å². The molecule has 4 aromatic rings. The summed E-state index contributed by atoms with van der Waals surface area (Å²) in [6.07, 6.45) is 5.14. The Labute approximate surface area is 201 Å². The number of nitrogens with one attached hydrogen (secondary N) is 2. The van der Waals surface area contributed by atoms with Crippen molar-refractivity contribution in [2.45, 2.75) is 13.2 Å². The molecule has 3 N–H and O–H groups in total. The number of nitrogens with zero attached hydrogens (tertiary/aromatic N) is 4. The van der Waals surface area contributed by atoms with Crippen molar-refractivity contribution >= 4 is 34.7 Å². The standard InChI is InChI=1S/C26H24N6O3/c1-17(5-4-12-27-2)21-10-11-24(34)32(31-21)15-18-6-3-7-20(13-18)25(35)30-26-28-22-9-8-19(16-33)14-23(22)29-26/h3-14,33H,1,15-16H2,2H3,(H2,28,29,30,35)/b5-4-,27-12-. The average molecular weight is 469 g/mol. The monoisotopic (exact) mass is 468 g/mol. The van der Waals surface area contributed by atoms with Gasteiger partial charge in [0.25, 0.3) is 11.5 Å². The number of aromatic nitrogens is 4. The number of benzene rings is 2. The van der Waals surface area contributed by atoms with Crippen molar-refractivity contribution in [1.29, 1.82) is 0 Å². The Bertz CT molecular complexity index is 1510. The summed E-state index contributed by atoms with van der Waals surface area (Å²) < 4.78 is 1.33. The number of H-pyrrole nitrogens is 1. The van der Waals surface area contributed by atoms with Gasteiger partial charge in [-0.1, -0.05) is 30.9 Å². The van der Waals surface area contributed by atoms with Gasteiger partial charge in [-0.3, -0.25) is 19.9 Å². The summed E-state index contributed by atoms with van der Waals surface area (Å²) in [6, 6.07) is 15.3. The van der Waals surface area contributed by atoms with Crippen LogP contribution in [0.2, 0.25) is 0 Å². The molecule has 35 heavy (non-hydrogen) atoms. The highest BCUT2D eigenvalue weighted by Gasteiger charge is 2.11. The van der Waals surface area contributed by atoms with Gasteiger partial charge in [0.05, 0.1) is 29.9 Å². The number of amides is 1. The number of fused-ring (bicyclic) bond motifs is 1. The molecule has 0 spiro atoms. The maximum Gasteiger partial charge on any atom is 0.267 e. The predicted molar refractivity (Wildman–Crippen MR) is 137 cm³/mol. The van der Waals surface area contributed by atoms with Crippen LogP contribution in [0.15, 0.2) is 83.1 Å². The Kier molecular flexibility index (Phi) is 7.08. The fourth-order valence-corrected chi connectivity index (χ4v) is 3.44. The van der Waals surface area contributed by atoms with Gasteiger partial charge >= 0.3 is 0 Å². The number of carbonyl (C=O) groups excluding carboxylic acids is 1. The van der Waals surface area contributed by atoms with E-state index in [-0.39, 0.29) is 24.6 Å². The molecule has 0 unspecified atom stereocenters. The van der Waals surface area contributed by atoms with Gasteiger partial charge in [-0.15, -0.1) is 0 Å². The van der Waals surface area contributed by atoms with E-state index in [2.05, 4.69) is 32.0 Å². The maximum absolute atomic E-state index is 12.8. The van der Waals surface area contributed by atoms with E-state index >= 15 is 0 Å². The number of aliphatic hydroxyl groups is 1. The molecule has 0 saturated heterocycles. The van der Waals surface area contributed by atoms with Gasteiger partial charge in [0.15, 0.2) is 0 Å².